The molecule has 0 aliphatic carbocycles. The lowest BCUT2D eigenvalue weighted by Crippen LogP contribution is -2.50. The van der Waals surface area contributed by atoms with E-state index in [2.05, 4.69) is 40.1 Å². The fourth-order valence-electron chi connectivity index (χ4n) is 2.24. The van der Waals surface area contributed by atoms with E-state index in [1.54, 1.807) is 7.11 Å². The molecule has 1 aliphatic heterocycles. The van der Waals surface area contributed by atoms with Gasteiger partial charge in [0.1, 0.15) is 5.75 Å². The molecule has 2 rings (SSSR count). The minimum Gasteiger partial charge on any atom is -0.497 e. The van der Waals surface area contributed by atoms with Gasteiger partial charge in [0.05, 0.1) is 12.7 Å². The summed E-state index contributed by atoms with van der Waals surface area (Å²) in [5.74, 6) is 1.28. The van der Waals surface area contributed by atoms with Crippen molar-refractivity contribution in [3.05, 3.63) is 27.3 Å². The number of nitrogens with one attached hydrogen (secondary N) is 2. The fourth-order valence-corrected chi connectivity index (χ4v) is 2.97. The molecule has 0 aromatic heterocycles. The van der Waals surface area contributed by atoms with Crippen molar-refractivity contribution in [1.82, 2.24) is 10.6 Å². The Kier molecular flexibility index (Phi) is 5.04. The first kappa shape index (κ1) is 14.6. The quantitative estimate of drug-likeness (QED) is 0.797. The van der Waals surface area contributed by atoms with Crippen molar-refractivity contribution in [3.8, 4) is 5.75 Å². The van der Waals surface area contributed by atoms with Crippen molar-refractivity contribution in [2.45, 2.75) is 19.4 Å². The highest BCUT2D eigenvalue weighted by molar-refractivity contribution is 14.1. The molecule has 4 nitrogen and oxygen atoms in total. The van der Waals surface area contributed by atoms with Crippen LogP contribution in [0.5, 0.6) is 5.75 Å². The molecule has 0 bridgehead atoms. The van der Waals surface area contributed by atoms with Crippen molar-refractivity contribution in [3.63, 3.8) is 0 Å². The van der Waals surface area contributed by atoms with Crippen molar-refractivity contribution >= 4 is 28.5 Å². The normalized spacial score (nSPS) is 22.9. The summed E-state index contributed by atoms with van der Waals surface area (Å²) in [5, 5.41) is 6.43. The van der Waals surface area contributed by atoms with Crippen LogP contribution in [0.1, 0.15) is 23.7 Å². The zero-order chi connectivity index (χ0) is 13.8. The van der Waals surface area contributed by atoms with Crippen molar-refractivity contribution in [2.24, 2.45) is 5.92 Å². The fraction of sp³-hybridized carbons (Fsp3) is 0.500. The molecule has 1 heterocycles. The van der Waals surface area contributed by atoms with Gasteiger partial charge in [-0.25, -0.2) is 0 Å². The van der Waals surface area contributed by atoms with Gasteiger partial charge in [-0.05, 0) is 59.7 Å². The second-order valence-corrected chi connectivity index (χ2v) is 6.06. The van der Waals surface area contributed by atoms with E-state index < -0.39 is 0 Å². The number of piperidine rings is 1. The van der Waals surface area contributed by atoms with Crippen LogP contribution in [0.3, 0.4) is 0 Å². The van der Waals surface area contributed by atoms with Crippen LogP contribution in [0, 0.1) is 9.49 Å². The van der Waals surface area contributed by atoms with E-state index in [0.717, 1.165) is 28.8 Å². The standard InChI is InChI=1S/C14H19IN2O2/c1-9-5-6-16-8-13(9)17-14(18)11-4-3-10(19-2)7-12(11)15/h3-4,7,9,13,16H,5-6,8H2,1-2H3,(H,17,18). The molecule has 2 unspecified atom stereocenters. The number of hydrogen-bond donors (Lipinski definition) is 2. The Bertz CT molecular complexity index is 465. The summed E-state index contributed by atoms with van der Waals surface area (Å²) in [6.45, 7) is 4.07. The molecule has 0 saturated carbocycles. The van der Waals surface area contributed by atoms with Crippen molar-refractivity contribution in [2.75, 3.05) is 20.2 Å². The number of carbonyl (C=O) groups excluding carboxylic acids is 1. The van der Waals surface area contributed by atoms with Crippen LogP contribution in [0.4, 0.5) is 0 Å². The van der Waals surface area contributed by atoms with Crippen LogP contribution in [-0.2, 0) is 0 Å². The maximum absolute atomic E-state index is 12.3. The third kappa shape index (κ3) is 3.60. The topological polar surface area (TPSA) is 50.4 Å². The molecule has 1 aromatic rings. The van der Waals surface area contributed by atoms with E-state index in [-0.39, 0.29) is 11.9 Å². The molecule has 1 amide bonds. The van der Waals surface area contributed by atoms with Gasteiger partial charge in [-0.2, -0.15) is 0 Å². The smallest absolute Gasteiger partial charge is 0.252 e. The summed E-state index contributed by atoms with van der Waals surface area (Å²) in [6.07, 6.45) is 1.10. The molecule has 2 N–H and O–H groups in total. The molecule has 104 valence electrons. The van der Waals surface area contributed by atoms with Gasteiger partial charge in [-0.3, -0.25) is 4.79 Å². The molecule has 0 radical (unpaired) electrons. The van der Waals surface area contributed by atoms with Gasteiger partial charge in [0.25, 0.3) is 5.91 Å². The number of amides is 1. The Morgan fingerprint density at radius 1 is 1.53 bits per heavy atom. The number of rotatable bonds is 3. The summed E-state index contributed by atoms with van der Waals surface area (Å²) in [4.78, 5) is 12.3. The van der Waals surface area contributed by atoms with Crippen molar-refractivity contribution < 1.29 is 9.53 Å². The Balaban J connectivity index is 2.07. The predicted octanol–water partition coefficient (Wildman–Crippen LogP) is 2.03. The monoisotopic (exact) mass is 374 g/mol. The second-order valence-electron chi connectivity index (χ2n) is 4.90. The van der Waals surface area contributed by atoms with Gasteiger partial charge in [-0.1, -0.05) is 6.92 Å². The number of carbonyl (C=O) groups is 1. The lowest BCUT2D eigenvalue weighted by Gasteiger charge is -2.30. The molecule has 1 aliphatic rings. The zero-order valence-electron chi connectivity index (χ0n) is 11.2. The Morgan fingerprint density at radius 3 is 2.95 bits per heavy atom. The minimum absolute atomic E-state index is 0.00685. The van der Waals surface area contributed by atoms with Crippen LogP contribution in [-0.4, -0.2) is 32.1 Å². The summed E-state index contributed by atoms with van der Waals surface area (Å²) in [7, 11) is 1.63. The molecular formula is C14H19IN2O2. The van der Waals surface area contributed by atoms with Gasteiger partial charge in [-0.15, -0.1) is 0 Å². The molecule has 5 heteroatoms. The number of ether oxygens (including phenoxy) is 1. The van der Waals surface area contributed by atoms with E-state index in [0.29, 0.717) is 11.5 Å². The van der Waals surface area contributed by atoms with Gasteiger partial charge in [0, 0.05) is 16.2 Å². The SMILES string of the molecule is COc1ccc(C(=O)NC2CNCCC2C)c(I)c1. The first-order valence-electron chi connectivity index (χ1n) is 6.47. The average molecular weight is 374 g/mol. The largest absolute Gasteiger partial charge is 0.497 e. The first-order chi connectivity index (χ1) is 9.11. The van der Waals surface area contributed by atoms with E-state index in [1.807, 2.05) is 18.2 Å². The third-order valence-corrected chi connectivity index (χ3v) is 4.46. The van der Waals surface area contributed by atoms with Crippen LogP contribution in [0.2, 0.25) is 0 Å². The summed E-state index contributed by atoms with van der Waals surface area (Å²) < 4.78 is 6.06. The first-order valence-corrected chi connectivity index (χ1v) is 7.55. The van der Waals surface area contributed by atoms with Gasteiger partial charge in [0.15, 0.2) is 0 Å². The zero-order valence-corrected chi connectivity index (χ0v) is 13.4. The van der Waals surface area contributed by atoms with Crippen LogP contribution in [0.15, 0.2) is 18.2 Å². The van der Waals surface area contributed by atoms with Crippen molar-refractivity contribution in [1.29, 1.82) is 0 Å². The summed E-state index contributed by atoms with van der Waals surface area (Å²) in [6, 6.07) is 5.72. The highest BCUT2D eigenvalue weighted by Crippen LogP contribution is 2.20. The molecule has 1 saturated heterocycles. The number of halogens is 1. The predicted molar refractivity (Wildman–Crippen MR) is 83.6 cm³/mol. The van der Waals surface area contributed by atoms with Crippen LogP contribution in [0.25, 0.3) is 0 Å². The molecule has 1 aromatic carbocycles. The summed E-state index contributed by atoms with van der Waals surface area (Å²) in [5.41, 5.74) is 0.708. The Hall–Kier alpha value is -0.820. The van der Waals surface area contributed by atoms with Gasteiger partial charge < -0.3 is 15.4 Å². The summed E-state index contributed by atoms with van der Waals surface area (Å²) >= 11 is 2.17. The molecule has 19 heavy (non-hydrogen) atoms. The van der Waals surface area contributed by atoms with E-state index in [4.69, 9.17) is 4.74 Å². The highest BCUT2D eigenvalue weighted by atomic mass is 127. The lowest BCUT2D eigenvalue weighted by molar-refractivity contribution is 0.0914. The lowest BCUT2D eigenvalue weighted by atomic mass is 9.94. The maximum atomic E-state index is 12.3. The van der Waals surface area contributed by atoms with Gasteiger partial charge in [0.2, 0.25) is 0 Å². The average Bonchev–Trinajstić information content (AvgIpc) is 2.41. The highest BCUT2D eigenvalue weighted by Gasteiger charge is 2.23. The Morgan fingerprint density at radius 2 is 2.32 bits per heavy atom. The second kappa shape index (κ2) is 6.56. The molecule has 1 fully saturated rings. The number of methoxy groups -OCH3 is 1. The number of hydrogen-bond acceptors (Lipinski definition) is 3. The van der Waals surface area contributed by atoms with Gasteiger partial charge >= 0.3 is 0 Å². The Labute approximate surface area is 127 Å². The van der Waals surface area contributed by atoms with E-state index >= 15 is 0 Å². The third-order valence-electron chi connectivity index (χ3n) is 3.56. The molecule has 2 atom stereocenters. The molecule has 0 spiro atoms. The number of benzene rings is 1. The van der Waals surface area contributed by atoms with Crippen LogP contribution >= 0.6 is 22.6 Å². The minimum atomic E-state index is -0.00685. The van der Waals surface area contributed by atoms with Crippen LogP contribution < -0.4 is 15.4 Å². The maximum Gasteiger partial charge on any atom is 0.252 e. The van der Waals surface area contributed by atoms with E-state index in [9.17, 15) is 4.79 Å². The van der Waals surface area contributed by atoms with E-state index in [1.165, 1.54) is 0 Å². The molecular weight excluding hydrogens is 355 g/mol.